The lowest BCUT2D eigenvalue weighted by molar-refractivity contribution is -0.0761. The van der Waals surface area contributed by atoms with Crippen LogP contribution in [0.25, 0.3) is 0 Å². The number of nitrogens with one attached hydrogen (secondary N) is 1. The Morgan fingerprint density at radius 3 is 2.56 bits per heavy atom. The number of morpholine rings is 1. The van der Waals surface area contributed by atoms with Gasteiger partial charge >= 0.3 is 0 Å². The van der Waals surface area contributed by atoms with Gasteiger partial charge in [-0.15, -0.1) is 0 Å². The summed E-state index contributed by atoms with van der Waals surface area (Å²) in [4.78, 5) is 2.29. The molecule has 0 radical (unpaired) electrons. The first-order chi connectivity index (χ1) is 7.61. The van der Waals surface area contributed by atoms with Crippen LogP contribution in [0.5, 0.6) is 0 Å². The van der Waals surface area contributed by atoms with Gasteiger partial charge < -0.3 is 15.2 Å². The normalized spacial score (nSPS) is 29.2. The van der Waals surface area contributed by atoms with E-state index in [0.717, 1.165) is 32.6 Å². The van der Waals surface area contributed by atoms with E-state index < -0.39 is 0 Å². The molecular formula is C12H26N2O2. The van der Waals surface area contributed by atoms with Gasteiger partial charge in [0.1, 0.15) is 0 Å². The van der Waals surface area contributed by atoms with E-state index in [4.69, 9.17) is 4.74 Å². The van der Waals surface area contributed by atoms with Crippen LogP contribution < -0.4 is 5.32 Å². The molecule has 1 rings (SSSR count). The highest BCUT2D eigenvalue weighted by atomic mass is 16.5. The lowest BCUT2D eigenvalue weighted by Crippen LogP contribution is -2.49. The fraction of sp³-hybridized carbons (Fsp3) is 1.00. The third kappa shape index (κ3) is 5.25. The number of aliphatic hydroxyl groups excluding tert-OH is 1. The second kappa shape index (κ2) is 7.22. The molecule has 0 saturated carbocycles. The molecule has 0 aromatic heterocycles. The zero-order valence-corrected chi connectivity index (χ0v) is 10.8. The van der Waals surface area contributed by atoms with E-state index in [9.17, 15) is 5.11 Å². The molecular weight excluding hydrogens is 204 g/mol. The molecule has 1 aliphatic heterocycles. The Bertz CT molecular complexity index is 180. The number of β-amino-alcohol motifs (C(OH)–C–C–N with tert-alkyl or cyclic N) is 1. The van der Waals surface area contributed by atoms with Gasteiger partial charge in [-0.3, -0.25) is 4.90 Å². The van der Waals surface area contributed by atoms with Gasteiger partial charge in [0, 0.05) is 26.2 Å². The third-order valence-electron chi connectivity index (χ3n) is 2.77. The Labute approximate surface area is 99.0 Å². The van der Waals surface area contributed by atoms with Crippen molar-refractivity contribution in [2.24, 2.45) is 0 Å². The highest BCUT2D eigenvalue weighted by Gasteiger charge is 2.23. The van der Waals surface area contributed by atoms with Crippen LogP contribution in [-0.4, -0.2) is 61.0 Å². The van der Waals surface area contributed by atoms with Gasteiger partial charge in [0.2, 0.25) is 0 Å². The van der Waals surface area contributed by atoms with Crippen molar-refractivity contribution in [3.05, 3.63) is 0 Å². The first-order valence-corrected chi connectivity index (χ1v) is 6.38. The van der Waals surface area contributed by atoms with Crippen LogP contribution in [0.2, 0.25) is 0 Å². The van der Waals surface area contributed by atoms with Crippen molar-refractivity contribution in [2.75, 3.05) is 32.7 Å². The summed E-state index contributed by atoms with van der Waals surface area (Å²) < 4.78 is 5.66. The van der Waals surface area contributed by atoms with Crippen LogP contribution in [0.15, 0.2) is 0 Å². The molecule has 1 fully saturated rings. The number of aliphatic hydroxyl groups is 1. The second-order valence-corrected chi connectivity index (χ2v) is 4.83. The number of hydrogen-bond donors (Lipinski definition) is 2. The lowest BCUT2D eigenvalue weighted by Gasteiger charge is -2.36. The molecule has 0 bridgehead atoms. The largest absolute Gasteiger partial charge is 0.390 e. The van der Waals surface area contributed by atoms with Crippen LogP contribution >= 0.6 is 0 Å². The zero-order valence-electron chi connectivity index (χ0n) is 10.8. The minimum atomic E-state index is -0.274. The van der Waals surface area contributed by atoms with E-state index in [1.807, 2.05) is 0 Å². The summed E-state index contributed by atoms with van der Waals surface area (Å²) in [7, 11) is 0. The molecule has 4 nitrogen and oxygen atoms in total. The van der Waals surface area contributed by atoms with E-state index in [0.29, 0.717) is 6.54 Å². The van der Waals surface area contributed by atoms with Crippen molar-refractivity contribution in [3.63, 3.8) is 0 Å². The Balaban J connectivity index is 2.19. The maximum absolute atomic E-state index is 9.86. The molecule has 96 valence electrons. The summed E-state index contributed by atoms with van der Waals surface area (Å²) in [5.41, 5.74) is 0. The Kier molecular flexibility index (Phi) is 6.28. The minimum absolute atomic E-state index is 0.274. The SMILES string of the molecule is CCCNCC(O)CN1CC(C)OC(C)C1. The van der Waals surface area contributed by atoms with E-state index in [1.54, 1.807) is 0 Å². The molecule has 0 amide bonds. The zero-order chi connectivity index (χ0) is 12.0. The van der Waals surface area contributed by atoms with Gasteiger partial charge in [-0.2, -0.15) is 0 Å². The van der Waals surface area contributed by atoms with Crippen molar-refractivity contribution in [3.8, 4) is 0 Å². The molecule has 1 aliphatic rings. The van der Waals surface area contributed by atoms with Crippen molar-refractivity contribution >= 4 is 0 Å². The number of nitrogens with zero attached hydrogens (tertiary/aromatic N) is 1. The summed E-state index contributed by atoms with van der Waals surface area (Å²) in [6.45, 7) is 10.6. The maximum Gasteiger partial charge on any atom is 0.0791 e. The molecule has 1 heterocycles. The van der Waals surface area contributed by atoms with Gasteiger partial charge in [-0.25, -0.2) is 0 Å². The number of ether oxygens (including phenoxy) is 1. The van der Waals surface area contributed by atoms with E-state index in [-0.39, 0.29) is 18.3 Å². The van der Waals surface area contributed by atoms with Crippen molar-refractivity contribution in [1.82, 2.24) is 10.2 Å². The number of hydrogen-bond acceptors (Lipinski definition) is 4. The van der Waals surface area contributed by atoms with Gasteiger partial charge in [0.25, 0.3) is 0 Å². The summed E-state index contributed by atoms with van der Waals surface area (Å²) in [5.74, 6) is 0. The van der Waals surface area contributed by atoms with Crippen LogP contribution in [0.3, 0.4) is 0 Å². The molecule has 3 unspecified atom stereocenters. The summed E-state index contributed by atoms with van der Waals surface area (Å²) >= 11 is 0. The standard InChI is InChI=1S/C12H26N2O2/c1-4-5-13-6-12(15)9-14-7-10(2)16-11(3)8-14/h10-13,15H,4-9H2,1-3H3. The quantitative estimate of drug-likeness (QED) is 0.651. The molecule has 16 heavy (non-hydrogen) atoms. The van der Waals surface area contributed by atoms with Crippen LogP contribution in [0, 0.1) is 0 Å². The van der Waals surface area contributed by atoms with Gasteiger partial charge in [0.05, 0.1) is 18.3 Å². The minimum Gasteiger partial charge on any atom is -0.390 e. The van der Waals surface area contributed by atoms with E-state index >= 15 is 0 Å². The predicted molar refractivity (Wildman–Crippen MR) is 65.6 cm³/mol. The smallest absolute Gasteiger partial charge is 0.0791 e. The monoisotopic (exact) mass is 230 g/mol. The summed E-state index contributed by atoms with van der Waals surface area (Å²) in [6.07, 6.45) is 1.39. The molecule has 2 N–H and O–H groups in total. The van der Waals surface area contributed by atoms with E-state index in [2.05, 4.69) is 31.0 Å². The molecule has 0 aliphatic carbocycles. The molecule has 0 spiro atoms. The van der Waals surface area contributed by atoms with Crippen LogP contribution in [-0.2, 0) is 4.74 Å². The first-order valence-electron chi connectivity index (χ1n) is 6.38. The average molecular weight is 230 g/mol. The first kappa shape index (κ1) is 13.9. The van der Waals surface area contributed by atoms with Crippen LogP contribution in [0.1, 0.15) is 27.2 Å². The maximum atomic E-state index is 9.86. The molecule has 0 aromatic rings. The van der Waals surface area contributed by atoms with Crippen molar-refractivity contribution in [2.45, 2.75) is 45.5 Å². The molecule has 4 heteroatoms. The lowest BCUT2D eigenvalue weighted by atomic mass is 10.2. The topological polar surface area (TPSA) is 44.7 Å². The van der Waals surface area contributed by atoms with Crippen molar-refractivity contribution < 1.29 is 9.84 Å². The Morgan fingerprint density at radius 1 is 1.38 bits per heavy atom. The molecule has 0 aromatic carbocycles. The van der Waals surface area contributed by atoms with E-state index in [1.165, 1.54) is 0 Å². The Morgan fingerprint density at radius 2 is 2.00 bits per heavy atom. The highest BCUT2D eigenvalue weighted by Crippen LogP contribution is 2.10. The average Bonchev–Trinajstić information content (AvgIpc) is 2.16. The third-order valence-corrected chi connectivity index (χ3v) is 2.77. The molecule has 1 saturated heterocycles. The predicted octanol–water partition coefficient (Wildman–Crippen LogP) is 0.456. The van der Waals surface area contributed by atoms with Gasteiger partial charge in [-0.05, 0) is 26.8 Å². The molecule has 3 atom stereocenters. The number of rotatable bonds is 6. The summed E-state index contributed by atoms with van der Waals surface area (Å²) in [5, 5.41) is 13.1. The van der Waals surface area contributed by atoms with Gasteiger partial charge in [0.15, 0.2) is 0 Å². The fourth-order valence-corrected chi connectivity index (χ4v) is 2.24. The fourth-order valence-electron chi connectivity index (χ4n) is 2.24. The Hall–Kier alpha value is -0.160. The summed E-state index contributed by atoms with van der Waals surface area (Å²) in [6, 6.07) is 0. The second-order valence-electron chi connectivity index (χ2n) is 4.83. The van der Waals surface area contributed by atoms with Crippen LogP contribution in [0.4, 0.5) is 0 Å². The van der Waals surface area contributed by atoms with Gasteiger partial charge in [-0.1, -0.05) is 6.92 Å². The highest BCUT2D eigenvalue weighted by molar-refractivity contribution is 4.76. The van der Waals surface area contributed by atoms with Crippen molar-refractivity contribution in [1.29, 1.82) is 0 Å².